The highest BCUT2D eigenvalue weighted by Gasteiger charge is 2.40. The quantitative estimate of drug-likeness (QED) is 0.827. The van der Waals surface area contributed by atoms with Crippen molar-refractivity contribution in [3.63, 3.8) is 0 Å². The van der Waals surface area contributed by atoms with E-state index in [9.17, 15) is 4.79 Å². The molecule has 2 rings (SSSR count). The third-order valence-corrected chi connectivity index (χ3v) is 4.04. The van der Waals surface area contributed by atoms with Crippen molar-refractivity contribution >= 4 is 5.91 Å². The lowest BCUT2D eigenvalue weighted by atomic mass is 10.0. The predicted octanol–water partition coefficient (Wildman–Crippen LogP) is 0.891. The van der Waals surface area contributed by atoms with Crippen molar-refractivity contribution in [2.75, 3.05) is 33.8 Å². The molecular weight excluding hydrogens is 268 g/mol. The molecule has 0 spiro atoms. The molecule has 0 N–H and O–H groups in total. The van der Waals surface area contributed by atoms with Gasteiger partial charge in [0.15, 0.2) is 5.60 Å². The summed E-state index contributed by atoms with van der Waals surface area (Å²) >= 11 is 0. The Morgan fingerprint density at radius 3 is 2.86 bits per heavy atom. The maximum absolute atomic E-state index is 12.7. The van der Waals surface area contributed by atoms with Crippen molar-refractivity contribution in [1.29, 1.82) is 0 Å². The van der Waals surface area contributed by atoms with Crippen LogP contribution in [0.15, 0.2) is 6.20 Å². The number of morpholine rings is 1. The highest BCUT2D eigenvalue weighted by molar-refractivity contribution is 5.85. The largest absolute Gasteiger partial charge is 0.363 e. The Morgan fingerprint density at radius 1 is 1.57 bits per heavy atom. The van der Waals surface area contributed by atoms with Crippen LogP contribution in [0.4, 0.5) is 0 Å². The van der Waals surface area contributed by atoms with E-state index < -0.39 is 5.60 Å². The number of hydrogen-bond donors (Lipinski definition) is 0. The third-order valence-electron chi connectivity index (χ3n) is 4.04. The average molecular weight is 294 g/mol. The first-order chi connectivity index (χ1) is 9.85. The number of nitrogens with zero attached hydrogens (tertiary/aromatic N) is 4. The van der Waals surface area contributed by atoms with Gasteiger partial charge in [-0.15, -0.1) is 0 Å². The highest BCUT2D eigenvalue weighted by atomic mass is 16.5. The van der Waals surface area contributed by atoms with E-state index >= 15 is 0 Å². The summed E-state index contributed by atoms with van der Waals surface area (Å²) in [6, 6.07) is 0. The van der Waals surface area contributed by atoms with Gasteiger partial charge in [-0.2, -0.15) is 5.10 Å². The number of carbonyl (C=O) groups excluding carboxylic acids is 1. The molecule has 21 heavy (non-hydrogen) atoms. The Bertz CT molecular complexity index is 514. The van der Waals surface area contributed by atoms with Crippen molar-refractivity contribution in [2.45, 2.75) is 39.5 Å². The van der Waals surface area contributed by atoms with Crippen molar-refractivity contribution < 1.29 is 9.53 Å². The minimum atomic E-state index is -0.754. The van der Waals surface area contributed by atoms with Gasteiger partial charge in [-0.1, -0.05) is 0 Å². The summed E-state index contributed by atoms with van der Waals surface area (Å²) in [7, 11) is 3.84. The Balaban J connectivity index is 2.06. The number of ether oxygens (including phenoxy) is 1. The lowest BCUT2D eigenvalue weighted by molar-refractivity contribution is -0.165. The van der Waals surface area contributed by atoms with Gasteiger partial charge < -0.3 is 14.5 Å². The molecule has 1 saturated heterocycles. The topological polar surface area (TPSA) is 50.6 Å². The molecule has 1 aromatic rings. The third kappa shape index (κ3) is 3.44. The summed E-state index contributed by atoms with van der Waals surface area (Å²) < 4.78 is 7.66. The van der Waals surface area contributed by atoms with Crippen molar-refractivity contribution in [3.05, 3.63) is 17.5 Å². The lowest BCUT2D eigenvalue weighted by Gasteiger charge is -2.39. The lowest BCUT2D eigenvalue weighted by Crippen LogP contribution is -2.57. The summed E-state index contributed by atoms with van der Waals surface area (Å²) in [5, 5.41) is 4.42. The molecule has 0 radical (unpaired) electrons. The van der Waals surface area contributed by atoms with Crippen LogP contribution in [-0.4, -0.2) is 64.9 Å². The molecule has 0 aliphatic carbocycles. The Labute approximate surface area is 126 Å². The van der Waals surface area contributed by atoms with Gasteiger partial charge in [-0.3, -0.25) is 9.48 Å². The molecule has 1 aliphatic heterocycles. The Hall–Kier alpha value is -1.40. The monoisotopic (exact) mass is 294 g/mol. The molecule has 2 heterocycles. The van der Waals surface area contributed by atoms with Gasteiger partial charge in [0.05, 0.1) is 12.3 Å². The first kappa shape index (κ1) is 16.0. The zero-order valence-electron chi connectivity index (χ0n) is 13.7. The van der Waals surface area contributed by atoms with Gasteiger partial charge in [0.1, 0.15) is 0 Å². The number of rotatable bonds is 4. The molecule has 1 amide bonds. The number of likely N-dealkylation sites (N-methyl/N-ethyl adjacent to an activating group) is 2. The maximum atomic E-state index is 12.7. The highest BCUT2D eigenvalue weighted by Crippen LogP contribution is 2.20. The maximum Gasteiger partial charge on any atom is 0.255 e. The van der Waals surface area contributed by atoms with Crippen LogP contribution in [0.1, 0.15) is 25.1 Å². The van der Waals surface area contributed by atoms with Gasteiger partial charge >= 0.3 is 0 Å². The molecule has 118 valence electrons. The number of carbonyl (C=O) groups is 1. The SMILES string of the molecule is CCn1cc(CN(C)C(=O)C2(C)CN(C)CCO2)c(C)n1. The Kier molecular flexibility index (Phi) is 4.68. The number of aromatic nitrogens is 2. The fourth-order valence-electron chi connectivity index (χ4n) is 2.80. The van der Waals surface area contributed by atoms with E-state index in [1.165, 1.54) is 0 Å². The normalized spacial score (nSPS) is 23.3. The second-order valence-corrected chi connectivity index (χ2v) is 6.07. The van der Waals surface area contributed by atoms with Gasteiger partial charge in [0.25, 0.3) is 5.91 Å². The smallest absolute Gasteiger partial charge is 0.255 e. The number of amides is 1. The van der Waals surface area contributed by atoms with Crippen LogP contribution in [0.3, 0.4) is 0 Å². The molecule has 1 unspecified atom stereocenters. The van der Waals surface area contributed by atoms with Crippen LogP contribution in [-0.2, 0) is 22.6 Å². The molecular formula is C15H26N4O2. The van der Waals surface area contributed by atoms with E-state index in [4.69, 9.17) is 4.74 Å². The first-order valence-electron chi connectivity index (χ1n) is 7.46. The van der Waals surface area contributed by atoms with Crippen molar-refractivity contribution in [2.24, 2.45) is 0 Å². The van der Waals surface area contributed by atoms with Crippen molar-refractivity contribution in [3.8, 4) is 0 Å². The second kappa shape index (κ2) is 6.15. The number of hydrogen-bond acceptors (Lipinski definition) is 4. The summed E-state index contributed by atoms with van der Waals surface area (Å²) in [6.45, 7) is 9.41. The van der Waals surface area contributed by atoms with Crippen LogP contribution >= 0.6 is 0 Å². The van der Waals surface area contributed by atoms with E-state index in [0.717, 1.165) is 24.3 Å². The van der Waals surface area contributed by atoms with Crippen LogP contribution in [0.2, 0.25) is 0 Å². The zero-order chi connectivity index (χ0) is 15.6. The predicted molar refractivity (Wildman–Crippen MR) is 81.0 cm³/mol. The molecule has 1 atom stereocenters. The van der Waals surface area contributed by atoms with E-state index in [1.54, 1.807) is 4.90 Å². The van der Waals surface area contributed by atoms with E-state index in [2.05, 4.69) is 16.9 Å². The summed E-state index contributed by atoms with van der Waals surface area (Å²) in [5.74, 6) is 0.0256. The standard InChI is InChI=1S/C15H26N4O2/c1-6-19-10-13(12(2)16-19)9-18(5)14(20)15(3)11-17(4)7-8-21-15/h10H,6-9,11H2,1-5H3. The second-order valence-electron chi connectivity index (χ2n) is 6.07. The van der Waals surface area contributed by atoms with Gasteiger partial charge in [-0.25, -0.2) is 0 Å². The molecule has 6 nitrogen and oxygen atoms in total. The molecule has 0 bridgehead atoms. The van der Waals surface area contributed by atoms with E-state index in [1.807, 2.05) is 38.8 Å². The Morgan fingerprint density at radius 2 is 2.29 bits per heavy atom. The molecule has 1 fully saturated rings. The average Bonchev–Trinajstić information content (AvgIpc) is 2.78. The first-order valence-corrected chi connectivity index (χ1v) is 7.46. The molecule has 1 aliphatic rings. The molecule has 1 aromatic heterocycles. The van der Waals surface area contributed by atoms with E-state index in [-0.39, 0.29) is 5.91 Å². The summed E-state index contributed by atoms with van der Waals surface area (Å²) in [5.41, 5.74) is 1.31. The molecule has 6 heteroatoms. The zero-order valence-corrected chi connectivity index (χ0v) is 13.7. The van der Waals surface area contributed by atoms with Crippen LogP contribution < -0.4 is 0 Å². The minimum Gasteiger partial charge on any atom is -0.363 e. The number of aryl methyl sites for hydroxylation is 2. The van der Waals surface area contributed by atoms with Gasteiger partial charge in [-0.05, 0) is 27.8 Å². The van der Waals surface area contributed by atoms with Crippen LogP contribution in [0.25, 0.3) is 0 Å². The molecule has 0 saturated carbocycles. The minimum absolute atomic E-state index is 0.0256. The fourth-order valence-corrected chi connectivity index (χ4v) is 2.80. The summed E-state index contributed by atoms with van der Waals surface area (Å²) in [6.07, 6.45) is 2.01. The van der Waals surface area contributed by atoms with E-state index in [0.29, 0.717) is 19.7 Å². The van der Waals surface area contributed by atoms with Crippen LogP contribution in [0, 0.1) is 6.92 Å². The summed E-state index contributed by atoms with van der Waals surface area (Å²) in [4.78, 5) is 16.6. The van der Waals surface area contributed by atoms with Gasteiger partial charge in [0.2, 0.25) is 0 Å². The fraction of sp³-hybridized carbons (Fsp3) is 0.733. The van der Waals surface area contributed by atoms with Gasteiger partial charge in [0, 0.05) is 45.0 Å². The van der Waals surface area contributed by atoms with Crippen molar-refractivity contribution in [1.82, 2.24) is 19.6 Å². The van der Waals surface area contributed by atoms with Crippen LogP contribution in [0.5, 0.6) is 0 Å². The molecule has 0 aromatic carbocycles.